The highest BCUT2D eigenvalue weighted by molar-refractivity contribution is 9.09. The van der Waals surface area contributed by atoms with Crippen LogP contribution in [-0.4, -0.2) is 16.4 Å². The van der Waals surface area contributed by atoms with Crippen LogP contribution in [0.1, 0.15) is 12.8 Å². The average Bonchev–Trinajstić information content (AvgIpc) is 1.80. The molecule has 1 N–H and O–H groups in total. The van der Waals surface area contributed by atoms with Crippen molar-refractivity contribution in [2.24, 2.45) is 0 Å². The van der Waals surface area contributed by atoms with Crippen molar-refractivity contribution in [3.63, 3.8) is 0 Å². The lowest BCUT2D eigenvalue weighted by Crippen LogP contribution is -1.91. The number of rotatable bonds is 4. The molecule has 0 aromatic heterocycles. The van der Waals surface area contributed by atoms with Gasteiger partial charge in [-0.2, -0.15) is 0 Å². The van der Waals surface area contributed by atoms with Gasteiger partial charge < -0.3 is 5.11 Å². The van der Waals surface area contributed by atoms with Crippen LogP contribution in [0, 0.1) is 0 Å². The van der Waals surface area contributed by atoms with Crippen LogP contribution < -0.4 is 0 Å². The standard InChI is InChI=1S/C6H9BrO2/c7-5-3-1-2-4-6(8)9/h1,3H,2,4-5H2,(H,8,9)/b3-1+. The molecule has 0 aliphatic rings. The Morgan fingerprint density at radius 2 is 2.22 bits per heavy atom. The van der Waals surface area contributed by atoms with Crippen molar-refractivity contribution in [2.45, 2.75) is 12.8 Å². The van der Waals surface area contributed by atoms with Crippen LogP contribution in [-0.2, 0) is 4.79 Å². The number of hydrogen-bond acceptors (Lipinski definition) is 1. The van der Waals surface area contributed by atoms with E-state index in [4.69, 9.17) is 5.11 Å². The minimum Gasteiger partial charge on any atom is -0.481 e. The Morgan fingerprint density at radius 1 is 1.56 bits per heavy atom. The molecule has 3 heteroatoms. The molecule has 0 aromatic carbocycles. The number of hydrogen-bond donors (Lipinski definition) is 1. The van der Waals surface area contributed by atoms with E-state index in [1.807, 2.05) is 12.2 Å². The molecule has 0 bridgehead atoms. The van der Waals surface area contributed by atoms with Crippen LogP contribution in [0.2, 0.25) is 0 Å². The Hall–Kier alpha value is -0.310. The largest absolute Gasteiger partial charge is 0.481 e. The van der Waals surface area contributed by atoms with Gasteiger partial charge in [0.25, 0.3) is 0 Å². The first kappa shape index (κ1) is 8.69. The van der Waals surface area contributed by atoms with Crippen molar-refractivity contribution in [1.29, 1.82) is 0 Å². The van der Waals surface area contributed by atoms with Gasteiger partial charge in [0.2, 0.25) is 0 Å². The van der Waals surface area contributed by atoms with Crippen LogP contribution in [0.25, 0.3) is 0 Å². The van der Waals surface area contributed by atoms with Gasteiger partial charge in [-0.3, -0.25) is 4.79 Å². The van der Waals surface area contributed by atoms with E-state index in [0.29, 0.717) is 6.42 Å². The zero-order valence-electron chi connectivity index (χ0n) is 5.01. The summed E-state index contributed by atoms with van der Waals surface area (Å²) in [6, 6.07) is 0. The maximum Gasteiger partial charge on any atom is 0.303 e. The van der Waals surface area contributed by atoms with E-state index >= 15 is 0 Å². The van der Waals surface area contributed by atoms with E-state index < -0.39 is 5.97 Å². The minimum atomic E-state index is -0.741. The second kappa shape index (κ2) is 5.82. The SMILES string of the molecule is O=C(O)CC/C=C/CBr. The monoisotopic (exact) mass is 192 g/mol. The van der Waals surface area contributed by atoms with Crippen molar-refractivity contribution < 1.29 is 9.90 Å². The summed E-state index contributed by atoms with van der Waals surface area (Å²) in [5.41, 5.74) is 0. The molecule has 0 unspecified atom stereocenters. The molecule has 0 saturated carbocycles. The summed E-state index contributed by atoms with van der Waals surface area (Å²) in [7, 11) is 0. The van der Waals surface area contributed by atoms with Crippen molar-refractivity contribution in [3.8, 4) is 0 Å². The number of alkyl halides is 1. The normalized spacial score (nSPS) is 10.3. The fourth-order valence-corrected chi connectivity index (χ4v) is 0.652. The molecule has 0 fully saturated rings. The van der Waals surface area contributed by atoms with E-state index in [-0.39, 0.29) is 6.42 Å². The molecule has 0 radical (unpaired) electrons. The maximum atomic E-state index is 9.92. The summed E-state index contributed by atoms with van der Waals surface area (Å²) in [4.78, 5) is 9.92. The lowest BCUT2D eigenvalue weighted by molar-refractivity contribution is -0.136. The van der Waals surface area contributed by atoms with E-state index in [0.717, 1.165) is 5.33 Å². The summed E-state index contributed by atoms with van der Waals surface area (Å²) >= 11 is 3.18. The highest BCUT2D eigenvalue weighted by atomic mass is 79.9. The smallest absolute Gasteiger partial charge is 0.303 e. The summed E-state index contributed by atoms with van der Waals surface area (Å²) in [5.74, 6) is -0.741. The number of carboxylic acids is 1. The van der Waals surface area contributed by atoms with Gasteiger partial charge >= 0.3 is 5.97 Å². The molecule has 0 atom stereocenters. The third kappa shape index (κ3) is 7.69. The van der Waals surface area contributed by atoms with Gasteiger partial charge in [0.15, 0.2) is 0 Å². The zero-order chi connectivity index (χ0) is 7.11. The second-order valence-corrected chi connectivity index (χ2v) is 2.21. The maximum absolute atomic E-state index is 9.92. The summed E-state index contributed by atoms with van der Waals surface area (Å²) in [5, 5.41) is 8.97. The molecule has 0 spiro atoms. The first-order chi connectivity index (χ1) is 4.27. The topological polar surface area (TPSA) is 37.3 Å². The number of aliphatic carboxylic acids is 1. The van der Waals surface area contributed by atoms with E-state index in [1.54, 1.807) is 0 Å². The molecule has 0 aliphatic carbocycles. The first-order valence-corrected chi connectivity index (χ1v) is 3.82. The molecule has 0 aliphatic heterocycles. The Balaban J connectivity index is 3.09. The Labute approximate surface area is 62.7 Å². The Morgan fingerprint density at radius 3 is 2.67 bits per heavy atom. The van der Waals surface area contributed by atoms with Crippen LogP contribution in [0.5, 0.6) is 0 Å². The highest BCUT2D eigenvalue weighted by Gasteiger charge is 1.90. The van der Waals surface area contributed by atoms with Gasteiger partial charge in [0, 0.05) is 11.8 Å². The Bertz CT molecular complexity index is 110. The number of carboxylic acid groups (broad SMARTS) is 1. The Kier molecular flexibility index (Phi) is 5.62. The first-order valence-electron chi connectivity index (χ1n) is 2.70. The summed E-state index contributed by atoms with van der Waals surface area (Å²) in [6.07, 6.45) is 4.59. The van der Waals surface area contributed by atoms with Gasteiger partial charge in [0.1, 0.15) is 0 Å². The molecule has 0 heterocycles. The van der Waals surface area contributed by atoms with E-state index in [9.17, 15) is 4.79 Å². The van der Waals surface area contributed by atoms with Crippen LogP contribution in [0.4, 0.5) is 0 Å². The van der Waals surface area contributed by atoms with Crippen molar-refractivity contribution in [1.82, 2.24) is 0 Å². The molecule has 0 saturated heterocycles. The summed E-state index contributed by atoms with van der Waals surface area (Å²) < 4.78 is 0. The van der Waals surface area contributed by atoms with Gasteiger partial charge in [-0.25, -0.2) is 0 Å². The van der Waals surface area contributed by atoms with E-state index in [2.05, 4.69) is 15.9 Å². The molecule has 0 aromatic rings. The van der Waals surface area contributed by atoms with E-state index in [1.165, 1.54) is 0 Å². The van der Waals surface area contributed by atoms with Gasteiger partial charge in [-0.1, -0.05) is 28.1 Å². The fourth-order valence-electron chi connectivity index (χ4n) is 0.388. The molecule has 9 heavy (non-hydrogen) atoms. The van der Waals surface area contributed by atoms with Crippen molar-refractivity contribution in [2.75, 3.05) is 5.33 Å². The third-order valence-electron chi connectivity index (χ3n) is 0.781. The molecule has 0 amide bonds. The summed E-state index contributed by atoms with van der Waals surface area (Å²) in [6.45, 7) is 0. The number of allylic oxidation sites excluding steroid dienone is 2. The zero-order valence-corrected chi connectivity index (χ0v) is 6.60. The predicted octanol–water partition coefficient (Wildman–Crippen LogP) is 1.80. The van der Waals surface area contributed by atoms with Gasteiger partial charge in [-0.05, 0) is 6.42 Å². The van der Waals surface area contributed by atoms with Crippen LogP contribution in [0.3, 0.4) is 0 Å². The minimum absolute atomic E-state index is 0.226. The quantitative estimate of drug-likeness (QED) is 0.545. The van der Waals surface area contributed by atoms with Crippen molar-refractivity contribution in [3.05, 3.63) is 12.2 Å². The molecular formula is C6H9BrO2. The fraction of sp³-hybridized carbons (Fsp3) is 0.500. The molecule has 0 rings (SSSR count). The molecule has 52 valence electrons. The second-order valence-electron chi connectivity index (χ2n) is 1.56. The van der Waals surface area contributed by atoms with Crippen LogP contribution >= 0.6 is 15.9 Å². The van der Waals surface area contributed by atoms with Gasteiger partial charge in [-0.15, -0.1) is 0 Å². The van der Waals surface area contributed by atoms with Crippen LogP contribution in [0.15, 0.2) is 12.2 Å². The number of halogens is 1. The lowest BCUT2D eigenvalue weighted by atomic mass is 10.3. The number of carbonyl (C=O) groups is 1. The van der Waals surface area contributed by atoms with Crippen molar-refractivity contribution >= 4 is 21.9 Å². The molecule has 2 nitrogen and oxygen atoms in total. The molecular weight excluding hydrogens is 184 g/mol. The average molecular weight is 193 g/mol. The third-order valence-corrected chi connectivity index (χ3v) is 1.15. The van der Waals surface area contributed by atoms with Gasteiger partial charge in [0.05, 0.1) is 0 Å². The predicted molar refractivity (Wildman–Crippen MR) is 39.8 cm³/mol. The highest BCUT2D eigenvalue weighted by Crippen LogP contribution is 1.91. The lowest BCUT2D eigenvalue weighted by Gasteiger charge is -1.84.